The molecule has 0 N–H and O–H groups in total. The monoisotopic (exact) mass is 185 g/mol. The fourth-order valence-corrected chi connectivity index (χ4v) is 1.14. The second kappa shape index (κ2) is 3.18. The van der Waals surface area contributed by atoms with Gasteiger partial charge in [-0.2, -0.15) is 5.10 Å². The molecule has 0 aromatic heterocycles. The molecule has 5 heteroatoms. The third-order valence-corrected chi connectivity index (χ3v) is 2.20. The molecule has 12 heavy (non-hydrogen) atoms. The first-order valence-electron chi connectivity index (χ1n) is 3.60. The SMILES string of the molecule is CC1=NN(C)C(=S)N(C)C(=O)C1. The van der Waals surface area contributed by atoms with Gasteiger partial charge in [-0.05, 0) is 19.1 Å². The lowest BCUT2D eigenvalue weighted by molar-refractivity contribution is -0.125. The standard InChI is InChI=1S/C7H11N3OS/c1-5-4-6(11)9(2)7(12)10(3)8-5/h4H2,1-3H3. The Morgan fingerprint density at radius 1 is 1.50 bits per heavy atom. The van der Waals surface area contributed by atoms with Crippen LogP contribution in [-0.4, -0.2) is 40.7 Å². The van der Waals surface area contributed by atoms with E-state index in [0.717, 1.165) is 5.71 Å². The van der Waals surface area contributed by atoms with Gasteiger partial charge in [0.2, 0.25) is 5.91 Å². The Kier molecular flexibility index (Phi) is 2.42. The second-order valence-electron chi connectivity index (χ2n) is 2.77. The summed E-state index contributed by atoms with van der Waals surface area (Å²) in [5.41, 5.74) is 0.786. The number of amides is 1. The molecular formula is C7H11N3OS. The van der Waals surface area contributed by atoms with Gasteiger partial charge in [-0.1, -0.05) is 0 Å². The average molecular weight is 185 g/mol. The molecule has 4 nitrogen and oxygen atoms in total. The lowest BCUT2D eigenvalue weighted by Crippen LogP contribution is -2.37. The van der Waals surface area contributed by atoms with E-state index in [-0.39, 0.29) is 5.91 Å². The fraction of sp³-hybridized carbons (Fsp3) is 0.571. The van der Waals surface area contributed by atoms with Gasteiger partial charge in [0.1, 0.15) is 0 Å². The number of hydrogen-bond donors (Lipinski definition) is 0. The van der Waals surface area contributed by atoms with E-state index in [0.29, 0.717) is 11.5 Å². The highest BCUT2D eigenvalue weighted by atomic mass is 32.1. The van der Waals surface area contributed by atoms with Crippen molar-refractivity contribution in [2.24, 2.45) is 5.10 Å². The molecule has 0 aliphatic carbocycles. The van der Waals surface area contributed by atoms with E-state index in [9.17, 15) is 4.79 Å². The summed E-state index contributed by atoms with van der Waals surface area (Å²) in [5.74, 6) is -0.00870. The van der Waals surface area contributed by atoms with Crippen molar-refractivity contribution in [3.63, 3.8) is 0 Å². The molecule has 1 rings (SSSR count). The minimum Gasteiger partial charge on any atom is -0.291 e. The quantitative estimate of drug-likeness (QED) is 0.514. The summed E-state index contributed by atoms with van der Waals surface area (Å²) in [4.78, 5) is 12.8. The van der Waals surface area contributed by atoms with Gasteiger partial charge < -0.3 is 0 Å². The van der Waals surface area contributed by atoms with Crippen molar-refractivity contribution >= 4 is 28.9 Å². The van der Waals surface area contributed by atoms with Crippen molar-refractivity contribution in [1.82, 2.24) is 9.91 Å². The molecule has 0 unspecified atom stereocenters. The molecule has 1 aliphatic rings. The Hall–Kier alpha value is -0.970. The van der Waals surface area contributed by atoms with Crippen LogP contribution in [0.1, 0.15) is 13.3 Å². The zero-order chi connectivity index (χ0) is 9.30. The van der Waals surface area contributed by atoms with Gasteiger partial charge in [-0.3, -0.25) is 9.69 Å². The molecule has 66 valence electrons. The first kappa shape index (κ1) is 9.12. The molecule has 0 saturated carbocycles. The molecule has 0 aromatic rings. The highest BCUT2D eigenvalue weighted by molar-refractivity contribution is 7.80. The lowest BCUT2D eigenvalue weighted by Gasteiger charge is -2.19. The number of thiocarbonyl (C=S) groups is 1. The van der Waals surface area contributed by atoms with Gasteiger partial charge in [0.05, 0.1) is 6.42 Å². The Morgan fingerprint density at radius 2 is 2.08 bits per heavy atom. The summed E-state index contributed by atoms with van der Waals surface area (Å²) in [7, 11) is 3.40. The summed E-state index contributed by atoms with van der Waals surface area (Å²) in [6.07, 6.45) is 0.348. The third-order valence-electron chi connectivity index (χ3n) is 1.67. The maximum absolute atomic E-state index is 11.3. The van der Waals surface area contributed by atoms with Crippen LogP contribution < -0.4 is 0 Å². The predicted molar refractivity (Wildman–Crippen MR) is 50.9 cm³/mol. The van der Waals surface area contributed by atoms with E-state index < -0.39 is 0 Å². The molecule has 1 aliphatic heterocycles. The third kappa shape index (κ3) is 1.61. The average Bonchev–Trinajstić information content (AvgIpc) is 2.05. The van der Waals surface area contributed by atoms with Crippen molar-refractivity contribution < 1.29 is 4.79 Å². The van der Waals surface area contributed by atoms with Crippen molar-refractivity contribution in [2.75, 3.05) is 14.1 Å². The number of carbonyl (C=O) groups is 1. The Labute approximate surface area is 76.8 Å². The van der Waals surface area contributed by atoms with E-state index in [2.05, 4.69) is 5.10 Å². The molecule has 0 saturated heterocycles. The maximum Gasteiger partial charge on any atom is 0.234 e. The Balaban J connectivity index is 2.94. The molecule has 0 bridgehead atoms. The summed E-state index contributed by atoms with van der Waals surface area (Å²) in [6, 6.07) is 0. The van der Waals surface area contributed by atoms with E-state index >= 15 is 0 Å². The highest BCUT2D eigenvalue weighted by Gasteiger charge is 2.20. The van der Waals surface area contributed by atoms with E-state index in [1.54, 1.807) is 14.1 Å². The first-order valence-corrected chi connectivity index (χ1v) is 4.01. The van der Waals surface area contributed by atoms with Crippen LogP contribution in [0.4, 0.5) is 0 Å². The van der Waals surface area contributed by atoms with Crippen molar-refractivity contribution in [1.29, 1.82) is 0 Å². The topological polar surface area (TPSA) is 35.9 Å². The van der Waals surface area contributed by atoms with Gasteiger partial charge in [0, 0.05) is 19.8 Å². The van der Waals surface area contributed by atoms with Crippen LogP contribution in [0.25, 0.3) is 0 Å². The summed E-state index contributed by atoms with van der Waals surface area (Å²) in [5, 5.41) is 6.08. The van der Waals surface area contributed by atoms with Crippen molar-refractivity contribution in [3.8, 4) is 0 Å². The van der Waals surface area contributed by atoms with Gasteiger partial charge in [0.25, 0.3) is 0 Å². The minimum atomic E-state index is -0.00870. The molecule has 0 spiro atoms. The molecule has 1 heterocycles. The predicted octanol–water partition coefficient (Wildman–Crippen LogP) is 0.441. The Morgan fingerprint density at radius 3 is 2.67 bits per heavy atom. The highest BCUT2D eigenvalue weighted by Crippen LogP contribution is 2.05. The smallest absolute Gasteiger partial charge is 0.234 e. The molecule has 0 aromatic carbocycles. The maximum atomic E-state index is 11.3. The van der Waals surface area contributed by atoms with Crippen molar-refractivity contribution in [3.05, 3.63) is 0 Å². The van der Waals surface area contributed by atoms with Crippen LogP contribution in [0, 0.1) is 0 Å². The van der Waals surface area contributed by atoms with Gasteiger partial charge in [-0.15, -0.1) is 0 Å². The molecule has 0 atom stereocenters. The van der Waals surface area contributed by atoms with Crippen LogP contribution >= 0.6 is 12.2 Å². The van der Waals surface area contributed by atoms with E-state index in [1.165, 1.54) is 9.91 Å². The first-order chi connectivity index (χ1) is 5.52. The largest absolute Gasteiger partial charge is 0.291 e. The van der Waals surface area contributed by atoms with Crippen LogP contribution in [0.15, 0.2) is 5.10 Å². The fourth-order valence-electron chi connectivity index (χ4n) is 0.995. The lowest BCUT2D eigenvalue weighted by atomic mass is 10.3. The van der Waals surface area contributed by atoms with Crippen LogP contribution in [0.5, 0.6) is 0 Å². The number of rotatable bonds is 0. The van der Waals surface area contributed by atoms with E-state index in [4.69, 9.17) is 12.2 Å². The van der Waals surface area contributed by atoms with E-state index in [1.807, 2.05) is 6.92 Å². The molecule has 0 radical (unpaired) electrons. The zero-order valence-corrected chi connectivity index (χ0v) is 8.18. The van der Waals surface area contributed by atoms with Crippen LogP contribution in [-0.2, 0) is 4.79 Å². The van der Waals surface area contributed by atoms with Gasteiger partial charge >= 0.3 is 0 Å². The van der Waals surface area contributed by atoms with Crippen LogP contribution in [0.2, 0.25) is 0 Å². The number of hydrogen-bond acceptors (Lipinski definition) is 3. The minimum absolute atomic E-state index is 0.00870. The molecule has 1 amide bonds. The molecular weight excluding hydrogens is 174 g/mol. The van der Waals surface area contributed by atoms with Crippen molar-refractivity contribution in [2.45, 2.75) is 13.3 Å². The summed E-state index contributed by atoms with van der Waals surface area (Å²) in [6.45, 7) is 1.82. The molecule has 0 fully saturated rings. The normalized spacial score (nSPS) is 19.4. The number of nitrogens with zero attached hydrogens (tertiary/aromatic N) is 3. The van der Waals surface area contributed by atoms with Gasteiger partial charge in [0.15, 0.2) is 5.11 Å². The zero-order valence-electron chi connectivity index (χ0n) is 7.37. The summed E-state index contributed by atoms with van der Waals surface area (Å²) >= 11 is 4.99. The number of hydrazone groups is 1. The second-order valence-corrected chi connectivity index (χ2v) is 3.14. The summed E-state index contributed by atoms with van der Waals surface area (Å²) < 4.78 is 0. The number of carbonyl (C=O) groups excluding carboxylic acids is 1. The van der Waals surface area contributed by atoms with Crippen LogP contribution in [0.3, 0.4) is 0 Å². The Bertz CT molecular complexity index is 261. The van der Waals surface area contributed by atoms with Gasteiger partial charge in [-0.25, -0.2) is 5.01 Å².